The van der Waals surface area contributed by atoms with E-state index in [1.165, 1.54) is 18.4 Å². The van der Waals surface area contributed by atoms with E-state index in [0.717, 1.165) is 44.3 Å². The molecule has 2 rings (SSSR count). The normalized spacial score (nSPS) is 20.3. The molecule has 0 heterocycles. The predicted molar refractivity (Wildman–Crippen MR) is 121 cm³/mol. The molecule has 0 bridgehead atoms. The summed E-state index contributed by atoms with van der Waals surface area (Å²) in [4.78, 5) is 16.7. The van der Waals surface area contributed by atoms with Crippen LogP contribution in [0, 0.1) is 6.92 Å². The van der Waals surface area contributed by atoms with Crippen LogP contribution in [-0.2, 0) is 4.74 Å². The van der Waals surface area contributed by atoms with Crippen molar-refractivity contribution in [1.29, 1.82) is 0 Å². The van der Waals surface area contributed by atoms with Gasteiger partial charge >= 0.3 is 6.03 Å². The van der Waals surface area contributed by atoms with E-state index in [1.807, 2.05) is 49.2 Å². The van der Waals surface area contributed by atoms with E-state index in [-0.39, 0.29) is 24.4 Å². The van der Waals surface area contributed by atoms with Crippen molar-refractivity contribution < 1.29 is 9.53 Å². The Morgan fingerprint density at radius 3 is 2.48 bits per heavy atom. The standard InChI is InChI=1S/C24H39N3O2/c1-6-8-9-23(26(4)18-7-2)29-22-16-14-21(15-17-22)27(5)24(28)25-20-12-10-19(3)11-13-20/h7,10-13,21-23H,2,6,8-9,14-18H2,1,3-5H3,(H,25,28). The molecule has 1 fully saturated rings. The number of unbranched alkanes of at least 4 members (excludes halogenated alkanes) is 1. The van der Waals surface area contributed by atoms with Crippen molar-refractivity contribution in [2.45, 2.75) is 77.2 Å². The summed E-state index contributed by atoms with van der Waals surface area (Å²) in [7, 11) is 4.01. The number of nitrogens with zero attached hydrogens (tertiary/aromatic N) is 2. The van der Waals surface area contributed by atoms with E-state index in [9.17, 15) is 4.79 Å². The van der Waals surface area contributed by atoms with Crippen LogP contribution >= 0.6 is 0 Å². The van der Waals surface area contributed by atoms with Gasteiger partial charge in [-0.05, 0) is 64.6 Å². The molecule has 1 atom stereocenters. The zero-order valence-electron chi connectivity index (χ0n) is 18.7. The first-order valence-electron chi connectivity index (χ1n) is 11.0. The second kappa shape index (κ2) is 12.0. The summed E-state index contributed by atoms with van der Waals surface area (Å²) >= 11 is 0. The molecular weight excluding hydrogens is 362 g/mol. The molecule has 0 aliphatic heterocycles. The van der Waals surface area contributed by atoms with Gasteiger partial charge in [-0.2, -0.15) is 0 Å². The second-order valence-electron chi connectivity index (χ2n) is 8.30. The number of ether oxygens (including phenoxy) is 1. The molecule has 5 nitrogen and oxygen atoms in total. The molecule has 1 aromatic rings. The third-order valence-corrected chi connectivity index (χ3v) is 5.88. The number of hydrogen-bond donors (Lipinski definition) is 1. The van der Waals surface area contributed by atoms with Crippen molar-refractivity contribution in [3.8, 4) is 0 Å². The Hall–Kier alpha value is -1.85. The number of benzene rings is 1. The van der Waals surface area contributed by atoms with Gasteiger partial charge in [-0.25, -0.2) is 4.79 Å². The minimum absolute atomic E-state index is 0.0373. The lowest BCUT2D eigenvalue weighted by molar-refractivity contribution is -0.105. The van der Waals surface area contributed by atoms with Crippen molar-refractivity contribution in [3.63, 3.8) is 0 Å². The number of carbonyl (C=O) groups is 1. The number of rotatable bonds is 10. The van der Waals surface area contributed by atoms with Crippen LogP contribution in [0.25, 0.3) is 0 Å². The number of aryl methyl sites for hydroxylation is 1. The molecule has 1 saturated carbocycles. The van der Waals surface area contributed by atoms with Crippen molar-refractivity contribution in [2.75, 3.05) is 26.0 Å². The second-order valence-corrected chi connectivity index (χ2v) is 8.30. The average Bonchev–Trinajstić information content (AvgIpc) is 2.72. The maximum atomic E-state index is 12.6. The third kappa shape index (κ3) is 7.48. The highest BCUT2D eigenvalue weighted by Crippen LogP contribution is 2.27. The molecule has 1 unspecified atom stereocenters. The Kier molecular flexibility index (Phi) is 9.68. The summed E-state index contributed by atoms with van der Waals surface area (Å²) in [5.41, 5.74) is 2.03. The molecule has 0 saturated heterocycles. The molecule has 0 radical (unpaired) electrons. The van der Waals surface area contributed by atoms with Crippen molar-refractivity contribution in [1.82, 2.24) is 9.80 Å². The molecule has 1 N–H and O–H groups in total. The lowest BCUT2D eigenvalue weighted by Gasteiger charge is -2.37. The van der Waals surface area contributed by atoms with Crippen LogP contribution < -0.4 is 5.32 Å². The third-order valence-electron chi connectivity index (χ3n) is 5.88. The van der Waals surface area contributed by atoms with Gasteiger partial charge in [0.15, 0.2) is 0 Å². The van der Waals surface area contributed by atoms with Gasteiger partial charge in [-0.3, -0.25) is 4.90 Å². The maximum Gasteiger partial charge on any atom is 0.321 e. The van der Waals surface area contributed by atoms with Gasteiger partial charge in [-0.1, -0.05) is 37.1 Å². The van der Waals surface area contributed by atoms with Gasteiger partial charge in [0.2, 0.25) is 0 Å². The monoisotopic (exact) mass is 401 g/mol. The lowest BCUT2D eigenvalue weighted by atomic mass is 9.92. The van der Waals surface area contributed by atoms with Gasteiger partial charge in [0, 0.05) is 25.3 Å². The molecule has 0 spiro atoms. The van der Waals surface area contributed by atoms with Gasteiger partial charge in [0.1, 0.15) is 6.23 Å². The molecule has 5 heteroatoms. The SMILES string of the molecule is C=CCN(C)C(CCCC)OC1CCC(N(C)C(=O)Nc2ccc(C)cc2)CC1. The summed E-state index contributed by atoms with van der Waals surface area (Å²) < 4.78 is 6.46. The number of hydrogen-bond acceptors (Lipinski definition) is 3. The smallest absolute Gasteiger partial charge is 0.321 e. The summed E-state index contributed by atoms with van der Waals surface area (Å²) in [5.74, 6) is 0. The molecular formula is C24H39N3O2. The van der Waals surface area contributed by atoms with Crippen LogP contribution in [0.3, 0.4) is 0 Å². The zero-order chi connectivity index (χ0) is 21.2. The minimum atomic E-state index is -0.0373. The van der Waals surface area contributed by atoms with Crippen LogP contribution in [0.1, 0.15) is 57.4 Å². The largest absolute Gasteiger partial charge is 0.360 e. The Morgan fingerprint density at radius 1 is 1.24 bits per heavy atom. The highest BCUT2D eigenvalue weighted by molar-refractivity contribution is 5.89. The number of amides is 2. The van der Waals surface area contributed by atoms with E-state index in [1.54, 1.807) is 0 Å². The van der Waals surface area contributed by atoms with Gasteiger partial charge in [-0.15, -0.1) is 6.58 Å². The Morgan fingerprint density at radius 2 is 1.90 bits per heavy atom. The summed E-state index contributed by atoms with van der Waals surface area (Å²) in [6, 6.07) is 8.14. The topological polar surface area (TPSA) is 44.8 Å². The summed E-state index contributed by atoms with van der Waals surface area (Å²) in [5, 5.41) is 3.00. The number of carbonyl (C=O) groups excluding carboxylic acids is 1. The Balaban J connectivity index is 1.82. The fourth-order valence-corrected chi connectivity index (χ4v) is 3.90. The van der Waals surface area contributed by atoms with Crippen molar-refractivity contribution in [2.24, 2.45) is 0 Å². The molecule has 29 heavy (non-hydrogen) atoms. The molecule has 162 valence electrons. The molecule has 2 amide bonds. The molecule has 1 aliphatic rings. The predicted octanol–water partition coefficient (Wildman–Crippen LogP) is 5.42. The van der Waals surface area contributed by atoms with Gasteiger partial charge in [0.05, 0.1) is 6.10 Å². The van der Waals surface area contributed by atoms with E-state index in [4.69, 9.17) is 4.74 Å². The highest BCUT2D eigenvalue weighted by Gasteiger charge is 2.29. The summed E-state index contributed by atoms with van der Waals surface area (Å²) in [6.45, 7) is 8.95. The quantitative estimate of drug-likeness (QED) is 0.420. The Bertz CT molecular complexity index is 624. The van der Waals surface area contributed by atoms with E-state index in [2.05, 4.69) is 30.8 Å². The van der Waals surface area contributed by atoms with E-state index < -0.39 is 0 Å². The molecule has 1 aliphatic carbocycles. The van der Waals surface area contributed by atoms with Crippen LogP contribution in [-0.4, -0.2) is 54.8 Å². The van der Waals surface area contributed by atoms with Crippen LogP contribution in [0.15, 0.2) is 36.9 Å². The first-order chi connectivity index (χ1) is 13.9. The fourth-order valence-electron chi connectivity index (χ4n) is 3.90. The van der Waals surface area contributed by atoms with E-state index >= 15 is 0 Å². The van der Waals surface area contributed by atoms with Crippen molar-refractivity contribution >= 4 is 11.7 Å². The minimum Gasteiger partial charge on any atom is -0.360 e. The number of likely N-dealkylation sites (N-methyl/N-ethyl adjacent to an activating group) is 1. The van der Waals surface area contributed by atoms with Gasteiger partial charge < -0.3 is 15.0 Å². The first kappa shape index (κ1) is 23.4. The number of nitrogens with one attached hydrogen (secondary N) is 1. The Labute approximate surface area is 177 Å². The van der Waals surface area contributed by atoms with Crippen LogP contribution in [0.5, 0.6) is 0 Å². The van der Waals surface area contributed by atoms with Crippen LogP contribution in [0.2, 0.25) is 0 Å². The number of anilines is 1. The zero-order valence-corrected chi connectivity index (χ0v) is 18.7. The lowest BCUT2D eigenvalue weighted by Crippen LogP contribution is -2.44. The highest BCUT2D eigenvalue weighted by atomic mass is 16.5. The van der Waals surface area contributed by atoms with Crippen molar-refractivity contribution in [3.05, 3.63) is 42.5 Å². The fraction of sp³-hybridized carbons (Fsp3) is 0.625. The number of urea groups is 1. The maximum absolute atomic E-state index is 12.6. The molecule has 1 aromatic carbocycles. The molecule has 0 aromatic heterocycles. The first-order valence-corrected chi connectivity index (χ1v) is 11.0. The van der Waals surface area contributed by atoms with E-state index in [0.29, 0.717) is 0 Å². The summed E-state index contributed by atoms with van der Waals surface area (Å²) in [6.07, 6.45) is 9.71. The van der Waals surface area contributed by atoms with Crippen LogP contribution in [0.4, 0.5) is 10.5 Å². The van der Waals surface area contributed by atoms with Gasteiger partial charge in [0.25, 0.3) is 0 Å². The average molecular weight is 402 g/mol.